The minimum atomic E-state index is -1.16. The molecule has 11 heteroatoms. The van der Waals surface area contributed by atoms with Crippen molar-refractivity contribution in [2.45, 2.75) is 6.04 Å². The second-order valence-electron chi connectivity index (χ2n) is 7.86. The van der Waals surface area contributed by atoms with Crippen LogP contribution >= 0.6 is 22.9 Å². The number of hydrogen-bond donors (Lipinski definition) is 1. The molecule has 1 N–H and O–H groups in total. The van der Waals surface area contributed by atoms with Crippen LogP contribution in [0.15, 0.2) is 72.3 Å². The molecule has 0 spiro atoms. The normalized spacial score (nSPS) is 17.1. The summed E-state index contributed by atoms with van der Waals surface area (Å²) in [4.78, 5) is 43.2. The predicted molar refractivity (Wildman–Crippen MR) is 136 cm³/mol. The first-order valence-corrected chi connectivity index (χ1v) is 11.7. The van der Waals surface area contributed by atoms with E-state index in [1.54, 1.807) is 42.5 Å². The molecule has 2 heterocycles. The number of ketones is 1. The average molecular weight is 522 g/mol. The highest BCUT2D eigenvalue weighted by Crippen LogP contribution is 2.45. The fourth-order valence-electron chi connectivity index (χ4n) is 4.07. The Bertz CT molecular complexity index is 1600. The molecular formula is C25H16ClN3O6S. The van der Waals surface area contributed by atoms with Gasteiger partial charge in [0.15, 0.2) is 5.13 Å². The zero-order valence-corrected chi connectivity index (χ0v) is 20.1. The molecule has 1 atom stereocenters. The maximum atomic E-state index is 13.3. The molecule has 0 radical (unpaired) electrons. The quantitative estimate of drug-likeness (QED) is 0.121. The van der Waals surface area contributed by atoms with Crippen molar-refractivity contribution in [1.82, 2.24) is 4.98 Å². The van der Waals surface area contributed by atoms with Gasteiger partial charge in [-0.3, -0.25) is 24.6 Å². The summed E-state index contributed by atoms with van der Waals surface area (Å²) in [5.41, 5.74) is 0.637. The van der Waals surface area contributed by atoms with Crippen LogP contribution in [-0.4, -0.2) is 33.8 Å². The van der Waals surface area contributed by atoms with Crippen LogP contribution in [0.5, 0.6) is 5.75 Å². The van der Waals surface area contributed by atoms with Gasteiger partial charge in [-0.2, -0.15) is 0 Å². The number of rotatable bonds is 5. The van der Waals surface area contributed by atoms with E-state index >= 15 is 0 Å². The predicted octanol–water partition coefficient (Wildman–Crippen LogP) is 5.49. The number of nitro benzene ring substituents is 1. The summed E-state index contributed by atoms with van der Waals surface area (Å²) in [7, 11) is 1.46. The zero-order valence-electron chi connectivity index (χ0n) is 18.5. The Morgan fingerprint density at radius 1 is 1.14 bits per heavy atom. The summed E-state index contributed by atoms with van der Waals surface area (Å²) in [5.74, 6) is -1.86. The van der Waals surface area contributed by atoms with Gasteiger partial charge in [-0.25, -0.2) is 4.98 Å². The maximum Gasteiger partial charge on any atom is 0.301 e. The highest BCUT2D eigenvalue weighted by Gasteiger charge is 2.48. The van der Waals surface area contributed by atoms with E-state index in [-0.39, 0.29) is 27.5 Å². The van der Waals surface area contributed by atoms with Gasteiger partial charge in [0.2, 0.25) is 0 Å². The number of hydrogen-bond acceptors (Lipinski definition) is 8. The molecule has 0 aliphatic carbocycles. The fraction of sp³-hybridized carbons (Fsp3) is 0.0800. The van der Waals surface area contributed by atoms with Crippen molar-refractivity contribution in [2.75, 3.05) is 12.0 Å². The summed E-state index contributed by atoms with van der Waals surface area (Å²) >= 11 is 7.24. The molecular weight excluding hydrogens is 506 g/mol. The van der Waals surface area contributed by atoms with Crippen LogP contribution in [0.4, 0.5) is 10.8 Å². The minimum absolute atomic E-state index is 0.190. The number of thiazole rings is 1. The maximum absolute atomic E-state index is 13.3. The highest BCUT2D eigenvalue weighted by molar-refractivity contribution is 7.22. The molecule has 1 aliphatic rings. The van der Waals surface area contributed by atoms with Gasteiger partial charge in [-0.1, -0.05) is 47.2 Å². The molecule has 5 rings (SSSR count). The molecule has 3 aromatic carbocycles. The van der Waals surface area contributed by atoms with E-state index in [2.05, 4.69) is 4.98 Å². The smallest absolute Gasteiger partial charge is 0.301 e. The number of fused-ring (bicyclic) bond motifs is 1. The third-order valence-electron chi connectivity index (χ3n) is 5.73. The third-order valence-corrected chi connectivity index (χ3v) is 6.98. The van der Waals surface area contributed by atoms with Crippen LogP contribution in [0.2, 0.25) is 5.02 Å². The van der Waals surface area contributed by atoms with Crippen molar-refractivity contribution < 1.29 is 24.4 Å². The van der Waals surface area contributed by atoms with E-state index in [0.717, 1.165) is 16.2 Å². The Hall–Kier alpha value is -4.28. The Labute approximate surface area is 213 Å². The first kappa shape index (κ1) is 23.5. The number of halogens is 1. The van der Waals surface area contributed by atoms with Crippen LogP contribution in [0.25, 0.3) is 16.0 Å². The second-order valence-corrected chi connectivity index (χ2v) is 9.31. The van der Waals surface area contributed by atoms with Gasteiger partial charge in [-0.05, 0) is 35.9 Å². The number of amides is 1. The van der Waals surface area contributed by atoms with Crippen molar-refractivity contribution in [1.29, 1.82) is 0 Å². The molecule has 1 aromatic heterocycles. The summed E-state index contributed by atoms with van der Waals surface area (Å²) in [6, 6.07) is 15.8. The van der Waals surface area contributed by atoms with Crippen LogP contribution in [0.3, 0.4) is 0 Å². The Morgan fingerprint density at radius 3 is 2.67 bits per heavy atom. The van der Waals surface area contributed by atoms with E-state index in [1.165, 1.54) is 31.4 Å². The number of nitro groups is 1. The lowest BCUT2D eigenvalue weighted by molar-refractivity contribution is -0.384. The first-order chi connectivity index (χ1) is 17.3. The van der Waals surface area contributed by atoms with Crippen molar-refractivity contribution in [3.8, 4) is 5.75 Å². The summed E-state index contributed by atoms with van der Waals surface area (Å²) in [6.45, 7) is 0. The molecule has 180 valence electrons. The SMILES string of the molecule is COc1cccc(/C(O)=C2\C(=O)C(=O)N(c3nc4ccc(Cl)cc4s3)C2c2cccc([N+](=O)[O-])c2)c1. The van der Waals surface area contributed by atoms with Crippen LogP contribution in [-0.2, 0) is 9.59 Å². The Morgan fingerprint density at radius 2 is 1.92 bits per heavy atom. The number of methoxy groups -OCH3 is 1. The average Bonchev–Trinajstić information content (AvgIpc) is 3.41. The topological polar surface area (TPSA) is 123 Å². The standard InChI is InChI=1S/C25H16ClN3O6S/c1-35-17-7-3-5-14(11-17)22(30)20-21(13-4-2-6-16(10-13)29(33)34)28(24(32)23(20)31)25-27-18-9-8-15(26)12-19(18)36-25/h2-12,21,30H,1H3/b22-20+. The fourth-order valence-corrected chi connectivity index (χ4v) is 5.34. The summed E-state index contributed by atoms with van der Waals surface area (Å²) < 4.78 is 5.90. The van der Waals surface area contributed by atoms with Crippen molar-refractivity contribution in [2.24, 2.45) is 0 Å². The van der Waals surface area contributed by atoms with Crippen LogP contribution in [0.1, 0.15) is 17.2 Å². The molecule has 1 aliphatic heterocycles. The molecule has 0 bridgehead atoms. The van der Waals surface area contributed by atoms with E-state index in [4.69, 9.17) is 16.3 Å². The molecule has 1 amide bonds. The second kappa shape index (κ2) is 9.06. The molecule has 1 fully saturated rings. The number of anilines is 1. The van der Waals surface area contributed by atoms with Crippen molar-refractivity contribution >= 4 is 61.4 Å². The third kappa shape index (κ3) is 3.96. The van der Waals surface area contributed by atoms with Gasteiger partial charge in [0.25, 0.3) is 11.5 Å². The molecule has 36 heavy (non-hydrogen) atoms. The van der Waals surface area contributed by atoms with E-state index in [9.17, 15) is 24.8 Å². The lowest BCUT2D eigenvalue weighted by Gasteiger charge is -2.22. The lowest BCUT2D eigenvalue weighted by Crippen LogP contribution is -2.29. The van der Waals surface area contributed by atoms with Crippen molar-refractivity contribution in [3.63, 3.8) is 0 Å². The summed E-state index contributed by atoms with van der Waals surface area (Å²) in [6.07, 6.45) is 0. The number of ether oxygens (including phenoxy) is 1. The number of carbonyl (C=O) groups is 2. The first-order valence-electron chi connectivity index (χ1n) is 10.5. The monoisotopic (exact) mass is 521 g/mol. The van der Waals surface area contributed by atoms with E-state index < -0.39 is 28.4 Å². The number of benzene rings is 3. The Kier molecular flexibility index (Phi) is 5.91. The van der Waals surface area contributed by atoms with Gasteiger partial charge in [0, 0.05) is 22.7 Å². The Balaban J connectivity index is 1.75. The molecule has 1 unspecified atom stereocenters. The molecule has 1 saturated heterocycles. The van der Waals surface area contributed by atoms with Gasteiger partial charge in [0.05, 0.1) is 33.9 Å². The number of aliphatic hydroxyl groups excluding tert-OH is 1. The molecule has 9 nitrogen and oxygen atoms in total. The minimum Gasteiger partial charge on any atom is -0.507 e. The largest absolute Gasteiger partial charge is 0.507 e. The summed E-state index contributed by atoms with van der Waals surface area (Å²) in [5, 5.41) is 23.4. The van der Waals surface area contributed by atoms with Gasteiger partial charge < -0.3 is 9.84 Å². The highest BCUT2D eigenvalue weighted by atomic mass is 35.5. The zero-order chi connectivity index (χ0) is 25.6. The van der Waals surface area contributed by atoms with E-state index in [1.807, 2.05) is 0 Å². The van der Waals surface area contributed by atoms with Gasteiger partial charge in [0.1, 0.15) is 11.5 Å². The van der Waals surface area contributed by atoms with Crippen LogP contribution < -0.4 is 9.64 Å². The van der Waals surface area contributed by atoms with E-state index in [0.29, 0.717) is 21.0 Å². The van der Waals surface area contributed by atoms with Gasteiger partial charge in [-0.15, -0.1) is 0 Å². The van der Waals surface area contributed by atoms with Gasteiger partial charge >= 0.3 is 5.91 Å². The number of Topliss-reactive ketones (excluding diaryl/α,β-unsaturated/α-hetero) is 1. The molecule has 0 saturated carbocycles. The molecule has 4 aromatic rings. The lowest BCUT2D eigenvalue weighted by atomic mass is 9.95. The van der Waals surface area contributed by atoms with Crippen LogP contribution in [0, 0.1) is 10.1 Å². The number of aromatic nitrogens is 1. The van der Waals surface area contributed by atoms with Crippen molar-refractivity contribution in [3.05, 3.63) is 98.6 Å². The number of carbonyl (C=O) groups excluding carboxylic acids is 2. The number of nitrogens with zero attached hydrogens (tertiary/aromatic N) is 3. The number of aliphatic hydroxyl groups is 1. The number of non-ortho nitro benzene ring substituents is 1.